The molecule has 0 aromatic heterocycles. The maximum Gasteiger partial charge on any atom is 0.179 e. The van der Waals surface area contributed by atoms with Gasteiger partial charge in [0.05, 0.1) is 13.2 Å². The maximum atomic E-state index is 9.64. The molecule has 62 valence electrons. The van der Waals surface area contributed by atoms with Gasteiger partial charge < -0.3 is 9.84 Å². The molecule has 3 heteroatoms. The number of aliphatic hydroxyl groups is 1. The van der Waals surface area contributed by atoms with E-state index in [1.54, 1.807) is 0 Å². The Morgan fingerprint density at radius 2 is 2.36 bits per heavy atom. The van der Waals surface area contributed by atoms with Crippen LogP contribution in [-0.4, -0.2) is 23.9 Å². The molecule has 11 heavy (non-hydrogen) atoms. The molecule has 0 aromatic rings. The summed E-state index contributed by atoms with van der Waals surface area (Å²) in [5, 5.41) is 18.3. The lowest BCUT2D eigenvalue weighted by Crippen LogP contribution is -2.38. The van der Waals surface area contributed by atoms with E-state index < -0.39 is 5.60 Å². The van der Waals surface area contributed by atoms with Crippen LogP contribution in [0.3, 0.4) is 0 Å². The van der Waals surface area contributed by atoms with E-state index in [0.29, 0.717) is 12.5 Å². The zero-order valence-corrected chi connectivity index (χ0v) is 6.87. The zero-order chi connectivity index (χ0) is 8.48. The molecule has 2 atom stereocenters. The first-order valence-electron chi connectivity index (χ1n) is 3.81. The summed E-state index contributed by atoms with van der Waals surface area (Å²) in [7, 11) is 0. The fraction of sp³-hybridized carbons (Fsp3) is 0.875. The minimum Gasteiger partial charge on any atom is -0.377 e. The first kappa shape index (κ1) is 8.51. The highest BCUT2D eigenvalue weighted by Crippen LogP contribution is 2.30. The fourth-order valence-electron chi connectivity index (χ4n) is 1.45. The predicted molar refractivity (Wildman–Crippen MR) is 39.7 cm³/mol. The quantitative estimate of drug-likeness (QED) is 0.562. The van der Waals surface area contributed by atoms with Gasteiger partial charge in [0.25, 0.3) is 0 Å². The largest absolute Gasteiger partial charge is 0.377 e. The average Bonchev–Trinajstić information content (AvgIpc) is 2.32. The summed E-state index contributed by atoms with van der Waals surface area (Å²) in [4.78, 5) is 0. The molecule has 1 heterocycles. The molecule has 0 saturated carbocycles. The minimum absolute atomic E-state index is 0.0347. The predicted octanol–water partition coefficient (Wildman–Crippen LogP) is 0.543. The van der Waals surface area contributed by atoms with E-state index in [1.165, 1.54) is 0 Å². The van der Waals surface area contributed by atoms with Gasteiger partial charge in [-0.1, -0.05) is 13.8 Å². The van der Waals surface area contributed by atoms with Gasteiger partial charge in [-0.15, -0.1) is 0 Å². The van der Waals surface area contributed by atoms with Gasteiger partial charge in [-0.25, -0.2) is 0 Å². The van der Waals surface area contributed by atoms with Crippen LogP contribution >= 0.6 is 0 Å². The molecule has 0 radical (unpaired) electrons. The van der Waals surface area contributed by atoms with Crippen molar-refractivity contribution in [1.29, 1.82) is 5.26 Å². The summed E-state index contributed by atoms with van der Waals surface area (Å²) < 4.78 is 5.05. The van der Waals surface area contributed by atoms with Crippen LogP contribution in [0.25, 0.3) is 0 Å². The van der Waals surface area contributed by atoms with E-state index in [-0.39, 0.29) is 12.5 Å². The molecule has 1 saturated heterocycles. The van der Waals surface area contributed by atoms with Crippen molar-refractivity contribution in [2.24, 2.45) is 11.8 Å². The van der Waals surface area contributed by atoms with Crippen LogP contribution in [0.5, 0.6) is 0 Å². The second-order valence-electron chi connectivity index (χ2n) is 3.40. The summed E-state index contributed by atoms with van der Waals surface area (Å²) >= 11 is 0. The van der Waals surface area contributed by atoms with Gasteiger partial charge >= 0.3 is 0 Å². The number of nitriles is 1. The Morgan fingerprint density at radius 1 is 1.73 bits per heavy atom. The van der Waals surface area contributed by atoms with E-state index in [2.05, 4.69) is 0 Å². The Bertz CT molecular complexity index is 185. The normalized spacial score (nSPS) is 37.5. The molecule has 1 N–H and O–H groups in total. The summed E-state index contributed by atoms with van der Waals surface area (Å²) in [6, 6.07) is 1.90. The lowest BCUT2D eigenvalue weighted by atomic mass is 9.83. The van der Waals surface area contributed by atoms with Crippen LogP contribution in [-0.2, 0) is 4.74 Å². The van der Waals surface area contributed by atoms with Crippen LogP contribution in [0.2, 0.25) is 0 Å². The number of hydrogen-bond donors (Lipinski definition) is 1. The van der Waals surface area contributed by atoms with E-state index in [9.17, 15) is 5.11 Å². The standard InChI is InChI=1S/C8H13NO2/c1-6(2)7-3-11-5-8(7,10)4-9/h6-7,10H,3,5H2,1-2H3. The Hall–Kier alpha value is -0.590. The van der Waals surface area contributed by atoms with Gasteiger partial charge in [-0.05, 0) is 5.92 Å². The third-order valence-corrected chi connectivity index (χ3v) is 2.23. The number of ether oxygens (including phenoxy) is 1. The molecule has 3 nitrogen and oxygen atoms in total. The smallest absolute Gasteiger partial charge is 0.179 e. The van der Waals surface area contributed by atoms with Crippen LogP contribution in [0, 0.1) is 23.2 Å². The topological polar surface area (TPSA) is 53.2 Å². The highest BCUT2D eigenvalue weighted by molar-refractivity contribution is 5.08. The maximum absolute atomic E-state index is 9.64. The molecular weight excluding hydrogens is 142 g/mol. The first-order valence-corrected chi connectivity index (χ1v) is 3.81. The number of hydrogen-bond acceptors (Lipinski definition) is 3. The van der Waals surface area contributed by atoms with Crippen LogP contribution < -0.4 is 0 Å². The van der Waals surface area contributed by atoms with E-state index in [1.807, 2.05) is 19.9 Å². The summed E-state index contributed by atoms with van der Waals surface area (Å²) in [6.07, 6.45) is 0. The van der Waals surface area contributed by atoms with E-state index in [0.717, 1.165) is 0 Å². The van der Waals surface area contributed by atoms with Crippen molar-refractivity contribution < 1.29 is 9.84 Å². The van der Waals surface area contributed by atoms with Crippen LogP contribution in [0.15, 0.2) is 0 Å². The van der Waals surface area contributed by atoms with Gasteiger partial charge in [0.2, 0.25) is 0 Å². The number of rotatable bonds is 1. The van der Waals surface area contributed by atoms with E-state index in [4.69, 9.17) is 10.00 Å². The monoisotopic (exact) mass is 155 g/mol. The van der Waals surface area contributed by atoms with Crippen molar-refractivity contribution in [3.8, 4) is 6.07 Å². The van der Waals surface area contributed by atoms with Gasteiger partial charge in [0, 0.05) is 5.92 Å². The molecule has 0 amide bonds. The average molecular weight is 155 g/mol. The first-order chi connectivity index (χ1) is 5.10. The molecular formula is C8H13NO2. The Morgan fingerprint density at radius 3 is 2.73 bits per heavy atom. The van der Waals surface area contributed by atoms with Crippen molar-refractivity contribution in [1.82, 2.24) is 0 Å². The molecule has 1 aliphatic heterocycles. The SMILES string of the molecule is CC(C)C1COCC1(O)C#N. The second-order valence-corrected chi connectivity index (χ2v) is 3.40. The van der Waals surface area contributed by atoms with Crippen molar-refractivity contribution >= 4 is 0 Å². The van der Waals surface area contributed by atoms with Crippen molar-refractivity contribution in [2.45, 2.75) is 19.4 Å². The third kappa shape index (κ3) is 1.37. The van der Waals surface area contributed by atoms with Gasteiger partial charge in [0.1, 0.15) is 6.07 Å². The molecule has 0 aromatic carbocycles. The number of nitrogens with zero attached hydrogens (tertiary/aromatic N) is 1. The van der Waals surface area contributed by atoms with Gasteiger partial charge in [-0.2, -0.15) is 5.26 Å². The summed E-state index contributed by atoms with van der Waals surface area (Å²) in [5.74, 6) is 0.259. The Labute approximate surface area is 66.6 Å². The fourth-order valence-corrected chi connectivity index (χ4v) is 1.45. The van der Waals surface area contributed by atoms with Gasteiger partial charge in [-0.3, -0.25) is 0 Å². The van der Waals surface area contributed by atoms with Crippen LogP contribution in [0.1, 0.15) is 13.8 Å². The molecule has 0 aliphatic carbocycles. The third-order valence-electron chi connectivity index (χ3n) is 2.23. The molecule has 1 rings (SSSR count). The lowest BCUT2D eigenvalue weighted by molar-refractivity contribution is 0.0418. The summed E-state index contributed by atoms with van der Waals surface area (Å²) in [6.45, 7) is 4.64. The molecule has 1 fully saturated rings. The Balaban J connectivity index is 2.74. The van der Waals surface area contributed by atoms with Gasteiger partial charge in [0.15, 0.2) is 5.60 Å². The van der Waals surface area contributed by atoms with Crippen LogP contribution in [0.4, 0.5) is 0 Å². The Kier molecular flexibility index (Phi) is 2.17. The molecule has 1 aliphatic rings. The molecule has 0 bridgehead atoms. The summed E-state index contributed by atoms with van der Waals surface area (Å²) in [5.41, 5.74) is -1.24. The lowest BCUT2D eigenvalue weighted by Gasteiger charge is -2.23. The van der Waals surface area contributed by atoms with Crippen molar-refractivity contribution in [3.05, 3.63) is 0 Å². The highest BCUT2D eigenvalue weighted by atomic mass is 16.5. The zero-order valence-electron chi connectivity index (χ0n) is 6.87. The second kappa shape index (κ2) is 2.80. The highest BCUT2D eigenvalue weighted by Gasteiger charge is 2.44. The molecule has 0 spiro atoms. The van der Waals surface area contributed by atoms with Crippen molar-refractivity contribution in [3.63, 3.8) is 0 Å². The van der Waals surface area contributed by atoms with E-state index >= 15 is 0 Å². The van der Waals surface area contributed by atoms with Crippen molar-refractivity contribution in [2.75, 3.05) is 13.2 Å². The minimum atomic E-state index is -1.24. The molecule has 2 unspecified atom stereocenters.